The third-order valence-electron chi connectivity index (χ3n) is 5.83. The SMILES string of the molecule is Oc1ccccc1CNCCCCCCCCCCCCNCC1=CC=CCC1O. The fourth-order valence-electron chi connectivity index (χ4n) is 3.87. The van der Waals surface area contributed by atoms with E-state index in [1.807, 2.05) is 36.4 Å². The van der Waals surface area contributed by atoms with Gasteiger partial charge in [-0.1, -0.05) is 87.8 Å². The maximum absolute atomic E-state index is 9.87. The van der Waals surface area contributed by atoms with Gasteiger partial charge in [-0.3, -0.25) is 0 Å². The lowest BCUT2D eigenvalue weighted by atomic mass is 10.0. The molecule has 0 aliphatic heterocycles. The second-order valence-electron chi connectivity index (χ2n) is 8.44. The molecule has 4 heteroatoms. The standard InChI is InChI=1S/C26H42N2O2/c29-25-17-11-9-15-23(25)21-27-19-13-7-5-3-1-2-4-6-8-14-20-28-22-24-16-10-12-18-26(24)30/h9-12,15-17,26-30H,1-8,13-14,18-22H2. The zero-order valence-electron chi connectivity index (χ0n) is 18.6. The van der Waals surface area contributed by atoms with E-state index in [1.165, 1.54) is 64.2 Å². The van der Waals surface area contributed by atoms with Gasteiger partial charge in [-0.15, -0.1) is 0 Å². The molecule has 0 heterocycles. The summed E-state index contributed by atoms with van der Waals surface area (Å²) in [6.07, 6.45) is 19.7. The van der Waals surface area contributed by atoms with Gasteiger partial charge in [-0.25, -0.2) is 0 Å². The lowest BCUT2D eigenvalue weighted by Gasteiger charge is -2.16. The summed E-state index contributed by atoms with van der Waals surface area (Å²) in [7, 11) is 0. The third-order valence-corrected chi connectivity index (χ3v) is 5.83. The van der Waals surface area contributed by atoms with Crippen LogP contribution in [0.15, 0.2) is 48.1 Å². The first-order chi connectivity index (χ1) is 14.8. The van der Waals surface area contributed by atoms with E-state index in [9.17, 15) is 10.2 Å². The summed E-state index contributed by atoms with van der Waals surface area (Å²) in [5.74, 6) is 0.385. The van der Waals surface area contributed by atoms with Crippen molar-refractivity contribution in [2.45, 2.75) is 83.3 Å². The van der Waals surface area contributed by atoms with Gasteiger partial charge in [0.1, 0.15) is 5.75 Å². The van der Waals surface area contributed by atoms with E-state index in [4.69, 9.17) is 0 Å². The molecule has 1 atom stereocenters. The Hall–Kier alpha value is -1.62. The Morgan fingerprint density at radius 2 is 1.33 bits per heavy atom. The summed E-state index contributed by atoms with van der Waals surface area (Å²) in [5.41, 5.74) is 2.09. The molecule has 0 bridgehead atoms. The van der Waals surface area contributed by atoms with Crippen molar-refractivity contribution in [2.75, 3.05) is 19.6 Å². The predicted octanol–water partition coefficient (Wildman–Crippen LogP) is 5.22. The van der Waals surface area contributed by atoms with Crippen LogP contribution in [0.1, 0.15) is 76.2 Å². The van der Waals surface area contributed by atoms with Crippen molar-refractivity contribution in [1.29, 1.82) is 0 Å². The number of hydrogen-bond acceptors (Lipinski definition) is 4. The number of allylic oxidation sites excluding steroid dienone is 2. The summed E-state index contributed by atoms with van der Waals surface area (Å²) >= 11 is 0. The topological polar surface area (TPSA) is 64.5 Å². The van der Waals surface area contributed by atoms with E-state index in [0.29, 0.717) is 5.75 Å². The Balaban J connectivity index is 1.28. The van der Waals surface area contributed by atoms with Gasteiger partial charge >= 0.3 is 0 Å². The van der Waals surface area contributed by atoms with Crippen LogP contribution < -0.4 is 10.6 Å². The fourth-order valence-corrected chi connectivity index (χ4v) is 3.87. The van der Waals surface area contributed by atoms with Gasteiger partial charge < -0.3 is 20.8 Å². The van der Waals surface area contributed by atoms with Gasteiger partial charge in [0.25, 0.3) is 0 Å². The van der Waals surface area contributed by atoms with Gasteiger partial charge in [0.05, 0.1) is 6.10 Å². The van der Waals surface area contributed by atoms with Crippen molar-refractivity contribution in [3.63, 3.8) is 0 Å². The Bertz CT molecular complexity index is 627. The number of benzene rings is 1. The molecule has 0 amide bonds. The largest absolute Gasteiger partial charge is 0.508 e. The van der Waals surface area contributed by atoms with Crippen LogP contribution in [0.4, 0.5) is 0 Å². The minimum absolute atomic E-state index is 0.289. The number of phenols is 1. The van der Waals surface area contributed by atoms with E-state index < -0.39 is 0 Å². The molecular weight excluding hydrogens is 372 g/mol. The molecule has 4 N–H and O–H groups in total. The van der Waals surface area contributed by atoms with Crippen LogP contribution in [0.3, 0.4) is 0 Å². The van der Waals surface area contributed by atoms with E-state index in [-0.39, 0.29) is 6.10 Å². The van der Waals surface area contributed by atoms with Crippen LogP contribution in [0, 0.1) is 0 Å². The number of aliphatic hydroxyl groups is 1. The van der Waals surface area contributed by atoms with Gasteiger partial charge in [-0.05, 0) is 44.0 Å². The summed E-state index contributed by atoms with van der Waals surface area (Å²) < 4.78 is 0. The van der Waals surface area contributed by atoms with Crippen LogP contribution in [-0.2, 0) is 6.54 Å². The van der Waals surface area contributed by atoms with Crippen molar-refractivity contribution in [3.8, 4) is 5.75 Å². The van der Waals surface area contributed by atoms with E-state index in [2.05, 4.69) is 10.6 Å². The minimum Gasteiger partial charge on any atom is -0.508 e. The average molecular weight is 415 g/mol. The number of para-hydroxylation sites is 1. The van der Waals surface area contributed by atoms with Crippen LogP contribution in [0.25, 0.3) is 0 Å². The molecule has 0 saturated carbocycles. The maximum Gasteiger partial charge on any atom is 0.120 e. The number of unbranched alkanes of at least 4 members (excludes halogenated alkanes) is 9. The highest BCUT2D eigenvalue weighted by molar-refractivity contribution is 5.31. The highest BCUT2D eigenvalue weighted by Crippen LogP contribution is 2.15. The molecule has 1 aromatic rings. The first-order valence-corrected chi connectivity index (χ1v) is 12.0. The Morgan fingerprint density at radius 1 is 0.767 bits per heavy atom. The highest BCUT2D eigenvalue weighted by atomic mass is 16.3. The third kappa shape index (κ3) is 11.0. The molecule has 30 heavy (non-hydrogen) atoms. The molecule has 1 aromatic carbocycles. The molecule has 0 saturated heterocycles. The van der Waals surface area contributed by atoms with Crippen molar-refractivity contribution in [3.05, 3.63) is 53.6 Å². The lowest BCUT2D eigenvalue weighted by molar-refractivity contribution is 0.209. The van der Waals surface area contributed by atoms with E-state index in [0.717, 1.165) is 43.7 Å². The first kappa shape index (κ1) is 24.6. The second-order valence-corrected chi connectivity index (χ2v) is 8.44. The fraction of sp³-hybridized carbons (Fsp3) is 0.615. The molecule has 1 unspecified atom stereocenters. The Morgan fingerprint density at radius 3 is 1.93 bits per heavy atom. The van der Waals surface area contributed by atoms with Crippen molar-refractivity contribution in [2.24, 2.45) is 0 Å². The molecule has 1 aliphatic carbocycles. The summed E-state index contributed by atoms with van der Waals surface area (Å²) in [5, 5.41) is 26.5. The normalized spacial score (nSPS) is 16.0. The summed E-state index contributed by atoms with van der Waals surface area (Å²) in [6, 6.07) is 7.54. The van der Waals surface area contributed by atoms with Crippen LogP contribution in [-0.4, -0.2) is 36.0 Å². The molecule has 4 nitrogen and oxygen atoms in total. The Kier molecular flexibility index (Phi) is 13.2. The van der Waals surface area contributed by atoms with Gasteiger partial charge in [0, 0.05) is 18.7 Å². The molecular formula is C26H42N2O2. The van der Waals surface area contributed by atoms with Crippen molar-refractivity contribution in [1.82, 2.24) is 10.6 Å². The predicted molar refractivity (Wildman–Crippen MR) is 127 cm³/mol. The van der Waals surface area contributed by atoms with Gasteiger partial charge in [-0.2, -0.15) is 0 Å². The van der Waals surface area contributed by atoms with Crippen molar-refractivity contribution >= 4 is 0 Å². The molecule has 0 spiro atoms. The van der Waals surface area contributed by atoms with Crippen LogP contribution in [0.2, 0.25) is 0 Å². The number of phenolic OH excluding ortho intramolecular Hbond substituents is 1. The molecule has 0 radical (unpaired) electrons. The number of nitrogens with one attached hydrogen (secondary N) is 2. The zero-order valence-corrected chi connectivity index (χ0v) is 18.6. The monoisotopic (exact) mass is 414 g/mol. The molecule has 0 fully saturated rings. The lowest BCUT2D eigenvalue weighted by Crippen LogP contribution is -2.25. The molecule has 0 aromatic heterocycles. The molecule has 168 valence electrons. The quantitative estimate of drug-likeness (QED) is 0.264. The van der Waals surface area contributed by atoms with E-state index in [1.54, 1.807) is 6.07 Å². The van der Waals surface area contributed by atoms with Crippen LogP contribution in [0.5, 0.6) is 5.75 Å². The van der Waals surface area contributed by atoms with E-state index >= 15 is 0 Å². The molecule has 2 rings (SSSR count). The highest BCUT2D eigenvalue weighted by Gasteiger charge is 2.10. The van der Waals surface area contributed by atoms with Gasteiger partial charge in [0.2, 0.25) is 0 Å². The summed E-state index contributed by atoms with van der Waals surface area (Å²) in [4.78, 5) is 0. The second kappa shape index (κ2) is 16.1. The van der Waals surface area contributed by atoms with Gasteiger partial charge in [0.15, 0.2) is 0 Å². The number of hydrogen-bond donors (Lipinski definition) is 4. The molecule has 1 aliphatic rings. The van der Waals surface area contributed by atoms with Crippen LogP contribution >= 0.6 is 0 Å². The zero-order chi connectivity index (χ0) is 21.3. The van der Waals surface area contributed by atoms with Crippen molar-refractivity contribution < 1.29 is 10.2 Å². The minimum atomic E-state index is -0.289. The number of rotatable bonds is 17. The maximum atomic E-state index is 9.87. The summed E-state index contributed by atoms with van der Waals surface area (Å²) in [6.45, 7) is 3.64. The number of aliphatic hydroxyl groups excluding tert-OH is 1. The Labute approximate surface area is 183 Å². The first-order valence-electron chi connectivity index (χ1n) is 12.0. The smallest absolute Gasteiger partial charge is 0.120 e. The number of aromatic hydroxyl groups is 1. The average Bonchev–Trinajstić information content (AvgIpc) is 2.76.